The summed E-state index contributed by atoms with van der Waals surface area (Å²) in [7, 11) is 0. The van der Waals surface area contributed by atoms with E-state index >= 15 is 0 Å². The van der Waals surface area contributed by atoms with Gasteiger partial charge < -0.3 is 15.2 Å². The van der Waals surface area contributed by atoms with Crippen LogP contribution in [0.2, 0.25) is 0 Å². The lowest BCUT2D eigenvalue weighted by Gasteiger charge is -2.07. The van der Waals surface area contributed by atoms with E-state index in [1.807, 2.05) is 24.3 Å². The Morgan fingerprint density at radius 1 is 1.00 bits per heavy atom. The summed E-state index contributed by atoms with van der Waals surface area (Å²) < 4.78 is 11.0. The Hall–Kier alpha value is -1.52. The van der Waals surface area contributed by atoms with E-state index in [1.165, 1.54) is 4.88 Å². The van der Waals surface area contributed by atoms with E-state index < -0.39 is 0 Å². The van der Waals surface area contributed by atoms with Crippen molar-refractivity contribution in [2.75, 3.05) is 25.6 Å². The first kappa shape index (κ1) is 12.9. The molecule has 0 aliphatic heterocycles. The maximum atomic E-state index is 5.59. The molecule has 1 heterocycles. The molecular weight excluding hydrogens is 246 g/mol. The highest BCUT2D eigenvalue weighted by Gasteiger charge is 1.95. The van der Waals surface area contributed by atoms with Crippen molar-refractivity contribution < 1.29 is 9.47 Å². The summed E-state index contributed by atoms with van der Waals surface area (Å²) in [6.45, 7) is 1.91. The molecule has 18 heavy (non-hydrogen) atoms. The van der Waals surface area contributed by atoms with E-state index in [-0.39, 0.29) is 0 Å². The van der Waals surface area contributed by atoms with Crippen molar-refractivity contribution >= 4 is 17.0 Å². The van der Waals surface area contributed by atoms with Crippen LogP contribution in [0.4, 0.5) is 5.69 Å². The summed E-state index contributed by atoms with van der Waals surface area (Å²) in [6, 6.07) is 11.6. The second-order valence-electron chi connectivity index (χ2n) is 3.86. The molecule has 0 saturated carbocycles. The van der Waals surface area contributed by atoms with E-state index in [0.29, 0.717) is 13.2 Å². The molecule has 0 spiro atoms. The quantitative estimate of drug-likeness (QED) is 0.617. The number of hydrogen-bond acceptors (Lipinski definition) is 4. The first-order valence-corrected chi connectivity index (χ1v) is 6.81. The van der Waals surface area contributed by atoms with Crippen molar-refractivity contribution in [1.82, 2.24) is 0 Å². The van der Waals surface area contributed by atoms with Gasteiger partial charge in [0.2, 0.25) is 0 Å². The van der Waals surface area contributed by atoms with Crippen molar-refractivity contribution in [3.05, 3.63) is 46.7 Å². The Morgan fingerprint density at radius 3 is 2.56 bits per heavy atom. The van der Waals surface area contributed by atoms with Crippen LogP contribution >= 0.6 is 11.3 Å². The maximum Gasteiger partial charge on any atom is 0.119 e. The topological polar surface area (TPSA) is 44.5 Å². The third-order valence-corrected chi connectivity index (χ3v) is 3.39. The average molecular weight is 263 g/mol. The summed E-state index contributed by atoms with van der Waals surface area (Å²) in [4.78, 5) is 1.36. The summed E-state index contributed by atoms with van der Waals surface area (Å²) in [6.07, 6.45) is 0.972. The van der Waals surface area contributed by atoms with Gasteiger partial charge in [0.15, 0.2) is 0 Å². The minimum absolute atomic E-state index is 0.564. The molecule has 0 amide bonds. The van der Waals surface area contributed by atoms with Gasteiger partial charge in [-0.05, 0) is 35.7 Å². The molecule has 1 aromatic carbocycles. The highest BCUT2D eigenvalue weighted by molar-refractivity contribution is 7.09. The normalized spacial score (nSPS) is 10.4. The zero-order valence-corrected chi connectivity index (χ0v) is 11.0. The van der Waals surface area contributed by atoms with E-state index in [2.05, 4.69) is 17.5 Å². The van der Waals surface area contributed by atoms with Crippen LogP contribution in [-0.4, -0.2) is 19.8 Å². The molecular formula is C14H17NO2S. The summed E-state index contributed by atoms with van der Waals surface area (Å²) in [5, 5.41) is 2.08. The number of thiophene rings is 1. The lowest BCUT2D eigenvalue weighted by molar-refractivity contribution is 0.103. The predicted molar refractivity (Wildman–Crippen MR) is 75.2 cm³/mol. The zero-order chi connectivity index (χ0) is 12.6. The minimum Gasteiger partial charge on any atom is -0.491 e. The molecule has 4 heteroatoms. The van der Waals surface area contributed by atoms with Crippen LogP contribution in [0.5, 0.6) is 5.75 Å². The molecule has 0 radical (unpaired) electrons. The Labute approximate surface area is 111 Å². The lowest BCUT2D eigenvalue weighted by atomic mass is 10.3. The van der Waals surface area contributed by atoms with Gasteiger partial charge in [0, 0.05) is 17.0 Å². The molecule has 0 aliphatic carbocycles. The molecule has 2 aromatic rings. The number of anilines is 1. The first-order chi connectivity index (χ1) is 8.84. The van der Waals surface area contributed by atoms with Crippen LogP contribution in [0.25, 0.3) is 0 Å². The molecule has 2 N–H and O–H groups in total. The number of ether oxygens (including phenoxy) is 2. The van der Waals surface area contributed by atoms with Gasteiger partial charge in [-0.15, -0.1) is 11.3 Å². The van der Waals surface area contributed by atoms with Gasteiger partial charge in [0.25, 0.3) is 0 Å². The Morgan fingerprint density at radius 2 is 1.83 bits per heavy atom. The predicted octanol–water partition coefficient (Wildman–Crippen LogP) is 2.97. The Balaban J connectivity index is 1.55. The summed E-state index contributed by atoms with van der Waals surface area (Å²) in [5.41, 5.74) is 6.33. The minimum atomic E-state index is 0.564. The van der Waals surface area contributed by atoms with Crippen LogP contribution in [0.3, 0.4) is 0 Å². The van der Waals surface area contributed by atoms with Crippen molar-refractivity contribution in [1.29, 1.82) is 0 Å². The van der Waals surface area contributed by atoms with Crippen molar-refractivity contribution in [2.45, 2.75) is 6.42 Å². The van der Waals surface area contributed by atoms with Gasteiger partial charge in [-0.2, -0.15) is 0 Å². The molecule has 1 aromatic heterocycles. The fraction of sp³-hybridized carbons (Fsp3) is 0.286. The van der Waals surface area contributed by atoms with E-state index in [0.717, 1.165) is 24.5 Å². The molecule has 2 rings (SSSR count). The lowest BCUT2D eigenvalue weighted by Crippen LogP contribution is -2.08. The van der Waals surface area contributed by atoms with Crippen LogP contribution < -0.4 is 10.5 Å². The van der Waals surface area contributed by atoms with Gasteiger partial charge in [-0.25, -0.2) is 0 Å². The molecule has 0 bridgehead atoms. The van der Waals surface area contributed by atoms with Gasteiger partial charge in [0.05, 0.1) is 13.2 Å². The fourth-order valence-corrected chi connectivity index (χ4v) is 2.20. The van der Waals surface area contributed by atoms with E-state index in [9.17, 15) is 0 Å². The van der Waals surface area contributed by atoms with Crippen LogP contribution in [-0.2, 0) is 11.2 Å². The van der Waals surface area contributed by atoms with Crippen LogP contribution in [0.1, 0.15) is 4.88 Å². The largest absolute Gasteiger partial charge is 0.491 e. The molecule has 0 unspecified atom stereocenters. The van der Waals surface area contributed by atoms with Gasteiger partial charge >= 0.3 is 0 Å². The number of benzene rings is 1. The number of nitrogen functional groups attached to an aromatic ring is 1. The van der Waals surface area contributed by atoms with E-state index in [4.69, 9.17) is 15.2 Å². The molecule has 0 saturated heterocycles. The van der Waals surface area contributed by atoms with Gasteiger partial charge in [0.1, 0.15) is 12.4 Å². The third-order valence-electron chi connectivity index (χ3n) is 2.45. The van der Waals surface area contributed by atoms with Crippen LogP contribution in [0, 0.1) is 0 Å². The second kappa shape index (κ2) is 7.03. The third kappa shape index (κ3) is 4.39. The van der Waals surface area contributed by atoms with E-state index in [1.54, 1.807) is 11.3 Å². The monoisotopic (exact) mass is 263 g/mol. The average Bonchev–Trinajstić information content (AvgIpc) is 2.89. The zero-order valence-electron chi connectivity index (χ0n) is 10.2. The highest BCUT2D eigenvalue weighted by atomic mass is 32.1. The molecule has 96 valence electrons. The summed E-state index contributed by atoms with van der Waals surface area (Å²) in [5.74, 6) is 0.825. The Bertz CT molecular complexity index is 439. The van der Waals surface area contributed by atoms with Crippen LogP contribution in [0.15, 0.2) is 41.8 Å². The smallest absolute Gasteiger partial charge is 0.119 e. The first-order valence-electron chi connectivity index (χ1n) is 5.93. The standard InChI is InChI=1S/C14H17NO2S/c15-12-3-5-13(6-4-12)17-10-9-16-8-7-14-2-1-11-18-14/h1-6,11H,7-10,15H2. The molecule has 0 aliphatic rings. The molecule has 0 fully saturated rings. The fourth-order valence-electron chi connectivity index (χ4n) is 1.51. The SMILES string of the molecule is Nc1ccc(OCCOCCc2cccs2)cc1. The molecule has 3 nitrogen and oxygen atoms in total. The van der Waals surface area contributed by atoms with Crippen molar-refractivity contribution in [3.63, 3.8) is 0 Å². The maximum absolute atomic E-state index is 5.59. The number of rotatable bonds is 7. The van der Waals surface area contributed by atoms with Crippen molar-refractivity contribution in [3.8, 4) is 5.75 Å². The highest BCUT2D eigenvalue weighted by Crippen LogP contribution is 2.13. The molecule has 0 atom stereocenters. The van der Waals surface area contributed by atoms with Gasteiger partial charge in [-0.3, -0.25) is 0 Å². The van der Waals surface area contributed by atoms with Crippen molar-refractivity contribution in [2.24, 2.45) is 0 Å². The number of hydrogen-bond donors (Lipinski definition) is 1. The Kier molecular flexibility index (Phi) is 5.05. The number of nitrogens with two attached hydrogens (primary N) is 1. The summed E-state index contributed by atoms with van der Waals surface area (Å²) >= 11 is 1.76. The van der Waals surface area contributed by atoms with Gasteiger partial charge in [-0.1, -0.05) is 6.07 Å². The second-order valence-corrected chi connectivity index (χ2v) is 4.89.